The first-order valence-electron chi connectivity index (χ1n) is 3.79. The van der Waals surface area contributed by atoms with Crippen LogP contribution in [-0.2, 0) is 4.79 Å². The quantitative estimate of drug-likeness (QED) is 0.534. The van der Waals surface area contributed by atoms with Crippen molar-refractivity contribution in [3.8, 4) is 0 Å². The van der Waals surface area contributed by atoms with Gasteiger partial charge in [0.1, 0.15) is 0 Å². The molecule has 0 amide bonds. The number of alkyl halides is 2. The van der Waals surface area contributed by atoms with Crippen molar-refractivity contribution in [1.29, 1.82) is 0 Å². The lowest BCUT2D eigenvalue weighted by Crippen LogP contribution is -2.43. The van der Waals surface area contributed by atoms with Gasteiger partial charge in [0.15, 0.2) is 0 Å². The molecule has 1 aliphatic rings. The monoisotopic (exact) mass is 162 g/mol. The Labute approximate surface area is 64.8 Å². The SMILES string of the molecule is CC1(C)CCCC(F)(F)C1=O. The number of ketones is 1. The molecule has 0 aromatic heterocycles. The van der Waals surface area contributed by atoms with Gasteiger partial charge in [0.25, 0.3) is 0 Å². The molecule has 1 fully saturated rings. The molecule has 0 heterocycles. The highest BCUT2D eigenvalue weighted by molar-refractivity contribution is 5.91. The smallest absolute Gasteiger partial charge is 0.292 e. The standard InChI is InChI=1S/C8H12F2O/c1-7(2)4-3-5-8(9,10)6(7)11/h3-5H2,1-2H3. The molecule has 0 aromatic rings. The summed E-state index contributed by atoms with van der Waals surface area (Å²) in [4.78, 5) is 11.0. The summed E-state index contributed by atoms with van der Waals surface area (Å²) >= 11 is 0. The second-order valence-electron chi connectivity index (χ2n) is 3.77. The molecule has 1 aliphatic carbocycles. The average molecular weight is 162 g/mol. The topological polar surface area (TPSA) is 17.1 Å². The van der Waals surface area contributed by atoms with E-state index >= 15 is 0 Å². The van der Waals surface area contributed by atoms with Crippen LogP contribution in [0.2, 0.25) is 0 Å². The van der Waals surface area contributed by atoms with Gasteiger partial charge in [0, 0.05) is 11.8 Å². The lowest BCUT2D eigenvalue weighted by atomic mass is 9.74. The van der Waals surface area contributed by atoms with Gasteiger partial charge in [0.2, 0.25) is 5.78 Å². The summed E-state index contributed by atoms with van der Waals surface area (Å²) in [6, 6.07) is 0. The summed E-state index contributed by atoms with van der Waals surface area (Å²) in [6.45, 7) is 3.17. The van der Waals surface area contributed by atoms with Gasteiger partial charge < -0.3 is 0 Å². The number of carbonyl (C=O) groups is 1. The predicted molar refractivity (Wildman–Crippen MR) is 37.6 cm³/mol. The summed E-state index contributed by atoms with van der Waals surface area (Å²) in [5.74, 6) is -3.96. The third-order valence-electron chi connectivity index (χ3n) is 2.24. The Morgan fingerprint density at radius 1 is 1.27 bits per heavy atom. The Morgan fingerprint density at radius 2 is 1.82 bits per heavy atom. The molecule has 0 spiro atoms. The largest absolute Gasteiger partial charge is 0.305 e. The molecule has 1 rings (SSSR count). The summed E-state index contributed by atoms with van der Waals surface area (Å²) in [7, 11) is 0. The Bertz CT molecular complexity index is 167. The van der Waals surface area contributed by atoms with Crippen molar-refractivity contribution in [2.24, 2.45) is 5.41 Å². The van der Waals surface area contributed by atoms with Gasteiger partial charge in [0.05, 0.1) is 0 Å². The third kappa shape index (κ3) is 1.42. The summed E-state index contributed by atoms with van der Waals surface area (Å²) in [5, 5.41) is 0. The minimum Gasteiger partial charge on any atom is -0.292 e. The highest BCUT2D eigenvalue weighted by atomic mass is 19.3. The van der Waals surface area contributed by atoms with E-state index in [4.69, 9.17) is 0 Å². The molecule has 0 unspecified atom stereocenters. The highest BCUT2D eigenvalue weighted by Gasteiger charge is 2.49. The van der Waals surface area contributed by atoms with Crippen LogP contribution in [0.3, 0.4) is 0 Å². The van der Waals surface area contributed by atoms with Crippen LogP contribution < -0.4 is 0 Å². The molecule has 3 heteroatoms. The normalized spacial score (nSPS) is 28.5. The van der Waals surface area contributed by atoms with Crippen LogP contribution in [0.4, 0.5) is 8.78 Å². The molecular weight excluding hydrogens is 150 g/mol. The predicted octanol–water partition coefficient (Wildman–Crippen LogP) is 2.40. The first kappa shape index (κ1) is 8.62. The summed E-state index contributed by atoms with van der Waals surface area (Å²) < 4.78 is 25.5. The van der Waals surface area contributed by atoms with E-state index in [0.29, 0.717) is 12.8 Å². The fourth-order valence-corrected chi connectivity index (χ4v) is 1.47. The maximum atomic E-state index is 12.7. The fraction of sp³-hybridized carbons (Fsp3) is 0.875. The van der Waals surface area contributed by atoms with Crippen molar-refractivity contribution in [1.82, 2.24) is 0 Å². The van der Waals surface area contributed by atoms with Crippen molar-refractivity contribution in [2.45, 2.75) is 39.0 Å². The van der Waals surface area contributed by atoms with E-state index in [1.807, 2.05) is 0 Å². The Hall–Kier alpha value is -0.470. The van der Waals surface area contributed by atoms with Crippen molar-refractivity contribution in [2.75, 3.05) is 0 Å². The summed E-state index contributed by atoms with van der Waals surface area (Å²) in [5.41, 5.74) is -0.818. The molecule has 0 bridgehead atoms. The van der Waals surface area contributed by atoms with Crippen LogP contribution in [0, 0.1) is 5.41 Å². The molecular formula is C8H12F2O. The Balaban J connectivity index is 2.85. The Kier molecular flexibility index (Phi) is 1.77. The molecule has 0 saturated heterocycles. The minimum atomic E-state index is -3.07. The number of hydrogen-bond donors (Lipinski definition) is 0. The van der Waals surface area contributed by atoms with Crippen LogP contribution in [0.1, 0.15) is 33.1 Å². The average Bonchev–Trinajstić information content (AvgIpc) is 1.82. The number of carbonyl (C=O) groups excluding carboxylic acids is 1. The maximum Gasteiger partial charge on any atom is 0.305 e. The number of halogens is 2. The van der Waals surface area contributed by atoms with Gasteiger partial charge >= 0.3 is 5.92 Å². The van der Waals surface area contributed by atoms with Gasteiger partial charge in [-0.3, -0.25) is 4.79 Å². The first-order chi connectivity index (χ1) is 4.86. The molecule has 0 N–H and O–H groups in total. The molecule has 0 atom stereocenters. The molecule has 0 radical (unpaired) electrons. The summed E-state index contributed by atoms with van der Waals surface area (Å²) in [6.07, 6.45) is 0.766. The molecule has 0 aliphatic heterocycles. The van der Waals surface area contributed by atoms with Crippen LogP contribution in [-0.4, -0.2) is 11.7 Å². The van der Waals surface area contributed by atoms with Crippen molar-refractivity contribution >= 4 is 5.78 Å². The van der Waals surface area contributed by atoms with E-state index in [1.165, 1.54) is 0 Å². The van der Waals surface area contributed by atoms with E-state index in [1.54, 1.807) is 13.8 Å². The highest BCUT2D eigenvalue weighted by Crippen LogP contribution is 2.40. The zero-order chi connectivity index (χ0) is 8.70. The van der Waals surface area contributed by atoms with Crippen LogP contribution in [0.5, 0.6) is 0 Å². The van der Waals surface area contributed by atoms with Crippen LogP contribution in [0.15, 0.2) is 0 Å². The zero-order valence-corrected chi connectivity index (χ0v) is 6.79. The fourth-order valence-electron chi connectivity index (χ4n) is 1.47. The number of rotatable bonds is 0. The lowest BCUT2D eigenvalue weighted by Gasteiger charge is -2.32. The van der Waals surface area contributed by atoms with Crippen molar-refractivity contribution < 1.29 is 13.6 Å². The van der Waals surface area contributed by atoms with Crippen LogP contribution in [0.25, 0.3) is 0 Å². The number of hydrogen-bond acceptors (Lipinski definition) is 1. The van der Waals surface area contributed by atoms with Crippen molar-refractivity contribution in [3.63, 3.8) is 0 Å². The molecule has 11 heavy (non-hydrogen) atoms. The van der Waals surface area contributed by atoms with E-state index in [9.17, 15) is 13.6 Å². The van der Waals surface area contributed by atoms with Crippen molar-refractivity contribution in [3.05, 3.63) is 0 Å². The number of Topliss-reactive ketones (excluding diaryl/α,β-unsaturated/α-hetero) is 1. The molecule has 0 aromatic carbocycles. The van der Waals surface area contributed by atoms with Crippen LogP contribution >= 0.6 is 0 Å². The maximum absolute atomic E-state index is 12.7. The minimum absolute atomic E-state index is 0.269. The lowest BCUT2D eigenvalue weighted by molar-refractivity contribution is -0.159. The molecule has 64 valence electrons. The van der Waals surface area contributed by atoms with E-state index in [2.05, 4.69) is 0 Å². The van der Waals surface area contributed by atoms with Gasteiger partial charge in [-0.05, 0) is 12.8 Å². The van der Waals surface area contributed by atoms with Gasteiger partial charge in [-0.1, -0.05) is 13.8 Å². The van der Waals surface area contributed by atoms with Gasteiger partial charge in [-0.15, -0.1) is 0 Å². The Morgan fingerprint density at radius 3 is 2.18 bits per heavy atom. The van der Waals surface area contributed by atoms with E-state index < -0.39 is 17.1 Å². The second kappa shape index (κ2) is 2.26. The second-order valence-corrected chi connectivity index (χ2v) is 3.77. The molecule has 1 saturated carbocycles. The zero-order valence-electron chi connectivity index (χ0n) is 6.79. The first-order valence-corrected chi connectivity index (χ1v) is 3.79. The van der Waals surface area contributed by atoms with E-state index in [-0.39, 0.29) is 6.42 Å². The third-order valence-corrected chi connectivity index (χ3v) is 2.24. The van der Waals surface area contributed by atoms with Gasteiger partial charge in [-0.25, -0.2) is 0 Å². The van der Waals surface area contributed by atoms with Gasteiger partial charge in [-0.2, -0.15) is 8.78 Å². The molecule has 1 nitrogen and oxygen atoms in total. The van der Waals surface area contributed by atoms with E-state index in [0.717, 1.165) is 0 Å².